The zero-order chi connectivity index (χ0) is 19.6. The highest BCUT2D eigenvalue weighted by Gasteiger charge is 2.38. The Morgan fingerprint density at radius 1 is 0.852 bits per heavy atom. The molecule has 0 saturated carbocycles. The molecular formula is C21H28N4O2. The predicted octanol–water partition coefficient (Wildman–Crippen LogP) is 2.12. The number of carbonyl (C=O) groups excluding carboxylic acids is 1. The van der Waals surface area contributed by atoms with Gasteiger partial charge in [0.25, 0.3) is 5.91 Å². The lowest BCUT2D eigenvalue weighted by Gasteiger charge is -2.18. The normalized spacial score (nSPS) is 19.4. The Morgan fingerprint density at radius 3 is 1.74 bits per heavy atom. The Hall–Kier alpha value is -2.57. The molecule has 1 amide bonds. The topological polar surface area (TPSA) is 59.1 Å². The number of nitrogens with one attached hydrogen (secondary N) is 1. The first-order valence-corrected chi connectivity index (χ1v) is 9.15. The van der Waals surface area contributed by atoms with Crippen molar-refractivity contribution in [1.29, 1.82) is 0 Å². The summed E-state index contributed by atoms with van der Waals surface area (Å²) in [7, 11) is 7.99. The number of amides is 1. The summed E-state index contributed by atoms with van der Waals surface area (Å²) in [5, 5.41) is 14.3. The van der Waals surface area contributed by atoms with Crippen LogP contribution in [0.4, 0.5) is 11.4 Å². The van der Waals surface area contributed by atoms with E-state index in [0.717, 1.165) is 27.6 Å². The van der Waals surface area contributed by atoms with E-state index in [1.54, 1.807) is 0 Å². The Morgan fingerprint density at radius 2 is 1.30 bits per heavy atom. The van der Waals surface area contributed by atoms with Gasteiger partial charge in [0.1, 0.15) is 6.17 Å². The van der Waals surface area contributed by atoms with Gasteiger partial charge in [0.15, 0.2) is 0 Å². The molecule has 0 aromatic heterocycles. The van der Waals surface area contributed by atoms with Crippen molar-refractivity contribution in [1.82, 2.24) is 10.4 Å². The maximum Gasteiger partial charge on any atom is 0.264 e. The summed E-state index contributed by atoms with van der Waals surface area (Å²) < 4.78 is 0. The number of anilines is 2. The fourth-order valence-corrected chi connectivity index (χ4v) is 3.30. The second kappa shape index (κ2) is 7.98. The third-order valence-electron chi connectivity index (χ3n) is 4.99. The lowest BCUT2D eigenvalue weighted by atomic mass is 10.1. The molecule has 2 aromatic carbocycles. The molecule has 0 bridgehead atoms. The van der Waals surface area contributed by atoms with Gasteiger partial charge in [-0.2, -0.15) is 0 Å². The molecule has 1 fully saturated rings. The van der Waals surface area contributed by atoms with Gasteiger partial charge in [0.2, 0.25) is 0 Å². The summed E-state index contributed by atoms with van der Waals surface area (Å²) >= 11 is 0. The second-order valence-corrected chi connectivity index (χ2v) is 7.45. The molecule has 1 saturated heterocycles. The van der Waals surface area contributed by atoms with E-state index in [0.29, 0.717) is 12.8 Å². The van der Waals surface area contributed by atoms with E-state index >= 15 is 0 Å². The smallest absolute Gasteiger partial charge is 0.264 e. The van der Waals surface area contributed by atoms with Crippen LogP contribution in [0.5, 0.6) is 0 Å². The third-order valence-corrected chi connectivity index (χ3v) is 4.99. The summed E-state index contributed by atoms with van der Waals surface area (Å²) in [5.41, 5.74) is 4.37. The standard InChI is InChI=1S/C21H28N4O2/c1-23(2)17-9-5-15(6-10-17)13-19-21(26)25(27)20(22-19)14-16-7-11-18(12-8-16)24(3)4/h5-12,19-20,22,27H,13-14H2,1-4H3/t19-,20+/m0/s1. The summed E-state index contributed by atoms with van der Waals surface area (Å²) in [6.07, 6.45) is 0.708. The molecule has 1 aliphatic rings. The van der Waals surface area contributed by atoms with Crippen molar-refractivity contribution in [2.24, 2.45) is 0 Å². The number of rotatable bonds is 6. The van der Waals surface area contributed by atoms with Crippen LogP contribution < -0.4 is 15.1 Å². The van der Waals surface area contributed by atoms with Gasteiger partial charge in [0.05, 0.1) is 6.04 Å². The summed E-state index contributed by atoms with van der Waals surface area (Å²) in [4.78, 5) is 16.5. The van der Waals surface area contributed by atoms with E-state index in [1.165, 1.54) is 0 Å². The lowest BCUT2D eigenvalue weighted by Crippen LogP contribution is -2.37. The van der Waals surface area contributed by atoms with Crippen LogP contribution in [0.15, 0.2) is 48.5 Å². The molecule has 2 atom stereocenters. The fraction of sp³-hybridized carbons (Fsp3) is 0.381. The van der Waals surface area contributed by atoms with Gasteiger partial charge in [-0.1, -0.05) is 24.3 Å². The van der Waals surface area contributed by atoms with Crippen molar-refractivity contribution in [2.75, 3.05) is 38.0 Å². The number of benzene rings is 2. The van der Waals surface area contributed by atoms with Crippen LogP contribution in [0, 0.1) is 0 Å². The molecule has 2 N–H and O–H groups in total. The van der Waals surface area contributed by atoms with E-state index in [4.69, 9.17) is 0 Å². The quantitative estimate of drug-likeness (QED) is 0.765. The van der Waals surface area contributed by atoms with E-state index in [1.807, 2.05) is 86.5 Å². The molecular weight excluding hydrogens is 340 g/mol. The van der Waals surface area contributed by atoms with E-state index < -0.39 is 12.2 Å². The molecule has 1 heterocycles. The molecule has 6 nitrogen and oxygen atoms in total. The van der Waals surface area contributed by atoms with E-state index in [2.05, 4.69) is 5.32 Å². The van der Waals surface area contributed by atoms with Gasteiger partial charge in [0, 0.05) is 46.0 Å². The van der Waals surface area contributed by atoms with Gasteiger partial charge in [-0.05, 0) is 41.8 Å². The fourth-order valence-electron chi connectivity index (χ4n) is 3.30. The maximum absolute atomic E-state index is 12.4. The third kappa shape index (κ3) is 4.40. The van der Waals surface area contributed by atoms with Crippen LogP contribution in [0.3, 0.4) is 0 Å². The zero-order valence-corrected chi connectivity index (χ0v) is 16.4. The molecule has 0 spiro atoms. The lowest BCUT2D eigenvalue weighted by molar-refractivity contribution is -0.166. The molecule has 27 heavy (non-hydrogen) atoms. The molecule has 0 aliphatic carbocycles. The Labute approximate surface area is 161 Å². The molecule has 1 aliphatic heterocycles. The van der Waals surface area contributed by atoms with Gasteiger partial charge in [-0.3, -0.25) is 15.3 Å². The minimum Gasteiger partial charge on any atom is -0.378 e. The SMILES string of the molecule is CN(C)c1ccc(C[C@@H]2N[C@@H](Cc3ccc(N(C)C)cc3)N(O)C2=O)cc1. The minimum atomic E-state index is -0.411. The number of nitrogens with zero attached hydrogens (tertiary/aromatic N) is 3. The van der Waals surface area contributed by atoms with Crippen molar-refractivity contribution < 1.29 is 10.0 Å². The number of carbonyl (C=O) groups is 1. The van der Waals surface area contributed by atoms with Crippen molar-refractivity contribution in [2.45, 2.75) is 25.0 Å². The largest absolute Gasteiger partial charge is 0.378 e. The van der Waals surface area contributed by atoms with Crippen LogP contribution >= 0.6 is 0 Å². The first-order chi connectivity index (χ1) is 12.8. The molecule has 144 valence electrons. The highest BCUT2D eigenvalue weighted by atomic mass is 16.5. The van der Waals surface area contributed by atoms with Crippen molar-refractivity contribution in [3.05, 3.63) is 59.7 Å². The summed E-state index contributed by atoms with van der Waals surface area (Å²) in [6.45, 7) is 0. The summed E-state index contributed by atoms with van der Waals surface area (Å²) in [5.74, 6) is -0.276. The number of hydroxylamine groups is 2. The van der Waals surface area contributed by atoms with Crippen LogP contribution in [-0.4, -0.2) is 56.6 Å². The molecule has 6 heteroatoms. The monoisotopic (exact) mass is 368 g/mol. The second-order valence-electron chi connectivity index (χ2n) is 7.45. The number of hydrogen-bond donors (Lipinski definition) is 2. The Balaban J connectivity index is 1.63. The predicted molar refractivity (Wildman–Crippen MR) is 108 cm³/mol. The van der Waals surface area contributed by atoms with Crippen molar-refractivity contribution in [3.63, 3.8) is 0 Å². The first kappa shape index (κ1) is 19.2. The van der Waals surface area contributed by atoms with Gasteiger partial charge in [-0.15, -0.1) is 0 Å². The van der Waals surface area contributed by atoms with Gasteiger partial charge < -0.3 is 9.80 Å². The van der Waals surface area contributed by atoms with E-state index in [9.17, 15) is 10.0 Å². The highest BCUT2D eigenvalue weighted by Crippen LogP contribution is 2.20. The Bertz CT molecular complexity index is 772. The van der Waals surface area contributed by atoms with Crippen LogP contribution in [-0.2, 0) is 17.6 Å². The molecule has 0 radical (unpaired) electrons. The average Bonchev–Trinajstić information content (AvgIpc) is 2.90. The van der Waals surface area contributed by atoms with Crippen LogP contribution in [0.25, 0.3) is 0 Å². The molecule has 0 unspecified atom stereocenters. The minimum absolute atomic E-state index is 0.276. The highest BCUT2D eigenvalue weighted by molar-refractivity contribution is 5.83. The van der Waals surface area contributed by atoms with Gasteiger partial charge >= 0.3 is 0 Å². The van der Waals surface area contributed by atoms with Crippen LogP contribution in [0.1, 0.15) is 11.1 Å². The average molecular weight is 368 g/mol. The number of hydrogen-bond acceptors (Lipinski definition) is 5. The first-order valence-electron chi connectivity index (χ1n) is 9.15. The maximum atomic E-state index is 12.4. The van der Waals surface area contributed by atoms with E-state index in [-0.39, 0.29) is 5.91 Å². The zero-order valence-electron chi connectivity index (χ0n) is 16.4. The molecule has 2 aromatic rings. The van der Waals surface area contributed by atoms with Gasteiger partial charge in [-0.25, -0.2) is 5.06 Å². The summed E-state index contributed by atoms with van der Waals surface area (Å²) in [6, 6.07) is 15.9. The molecule has 3 rings (SSSR count). The van der Waals surface area contributed by atoms with Crippen molar-refractivity contribution in [3.8, 4) is 0 Å². The Kier molecular flexibility index (Phi) is 5.68. The van der Waals surface area contributed by atoms with Crippen LogP contribution in [0.2, 0.25) is 0 Å². The van der Waals surface area contributed by atoms with Crippen molar-refractivity contribution >= 4 is 17.3 Å².